The van der Waals surface area contributed by atoms with Crippen LogP contribution in [0, 0.1) is 0 Å². The number of sulfonamides is 1. The van der Waals surface area contributed by atoms with Gasteiger partial charge in [0.05, 0.1) is 4.90 Å². The van der Waals surface area contributed by atoms with Crippen molar-refractivity contribution in [2.45, 2.75) is 37.2 Å². The van der Waals surface area contributed by atoms with E-state index >= 15 is 0 Å². The molecule has 1 aliphatic heterocycles. The van der Waals surface area contributed by atoms with E-state index in [4.69, 9.17) is 0 Å². The van der Waals surface area contributed by atoms with Gasteiger partial charge in [0.2, 0.25) is 10.0 Å². The van der Waals surface area contributed by atoms with Crippen LogP contribution in [0.25, 0.3) is 0 Å². The lowest BCUT2D eigenvalue weighted by Crippen LogP contribution is -2.35. The van der Waals surface area contributed by atoms with Crippen LogP contribution < -0.4 is 10.6 Å². The molecule has 0 aliphatic carbocycles. The van der Waals surface area contributed by atoms with Crippen molar-refractivity contribution < 1.29 is 13.2 Å². The molecule has 7 heteroatoms. The molecule has 3 rings (SSSR count). The van der Waals surface area contributed by atoms with E-state index in [9.17, 15) is 13.2 Å². The zero-order valence-corrected chi connectivity index (χ0v) is 17.0. The second-order valence-electron chi connectivity index (χ2n) is 6.99. The smallest absolute Gasteiger partial charge is 0.251 e. The number of carbonyl (C=O) groups is 1. The Morgan fingerprint density at radius 2 is 1.43 bits per heavy atom. The summed E-state index contributed by atoms with van der Waals surface area (Å²) in [5.41, 5.74) is 2.74. The van der Waals surface area contributed by atoms with Gasteiger partial charge in [-0.05, 0) is 48.2 Å². The molecule has 1 heterocycles. The van der Waals surface area contributed by atoms with E-state index in [0.29, 0.717) is 36.6 Å². The van der Waals surface area contributed by atoms with Crippen LogP contribution in [0.5, 0.6) is 0 Å². The minimum Gasteiger partial charge on any atom is -0.355 e. The second-order valence-corrected chi connectivity index (χ2v) is 8.93. The highest BCUT2D eigenvalue weighted by Gasteiger charge is 2.25. The van der Waals surface area contributed by atoms with Crippen LogP contribution in [0.3, 0.4) is 0 Å². The van der Waals surface area contributed by atoms with Crippen molar-refractivity contribution >= 4 is 15.9 Å². The maximum Gasteiger partial charge on any atom is 0.251 e. The first-order valence-corrected chi connectivity index (χ1v) is 11.1. The van der Waals surface area contributed by atoms with Gasteiger partial charge in [0.1, 0.15) is 0 Å². The van der Waals surface area contributed by atoms with Gasteiger partial charge in [-0.1, -0.05) is 30.7 Å². The molecule has 0 saturated carbocycles. The summed E-state index contributed by atoms with van der Waals surface area (Å²) in [6, 6.07) is 14.6. The average molecular weight is 402 g/mol. The Morgan fingerprint density at radius 1 is 0.893 bits per heavy atom. The largest absolute Gasteiger partial charge is 0.355 e. The first-order valence-electron chi connectivity index (χ1n) is 9.61. The highest BCUT2D eigenvalue weighted by Crippen LogP contribution is 2.20. The fourth-order valence-electron chi connectivity index (χ4n) is 3.30. The summed E-state index contributed by atoms with van der Waals surface area (Å²) in [7, 11) is -1.76. The summed E-state index contributed by atoms with van der Waals surface area (Å²) in [5, 5.41) is 5.94. The average Bonchev–Trinajstić information content (AvgIpc) is 2.74. The van der Waals surface area contributed by atoms with Crippen molar-refractivity contribution in [3.8, 4) is 0 Å². The first kappa shape index (κ1) is 20.5. The number of nitrogens with zero attached hydrogens (tertiary/aromatic N) is 1. The third-order valence-corrected chi connectivity index (χ3v) is 6.89. The van der Waals surface area contributed by atoms with E-state index in [1.165, 1.54) is 0 Å². The molecule has 1 fully saturated rings. The Kier molecular flexibility index (Phi) is 6.83. The number of carbonyl (C=O) groups excluding carboxylic acids is 1. The van der Waals surface area contributed by atoms with Crippen LogP contribution in [0.1, 0.15) is 40.7 Å². The zero-order chi connectivity index (χ0) is 20.0. The molecule has 0 aromatic heterocycles. The van der Waals surface area contributed by atoms with Gasteiger partial charge in [-0.25, -0.2) is 8.42 Å². The van der Waals surface area contributed by atoms with Crippen molar-refractivity contribution in [1.29, 1.82) is 0 Å². The fraction of sp³-hybridized carbons (Fsp3) is 0.381. The lowest BCUT2D eigenvalue weighted by Gasteiger charge is -2.25. The molecule has 28 heavy (non-hydrogen) atoms. The molecule has 2 N–H and O–H groups in total. The molecule has 1 aliphatic rings. The van der Waals surface area contributed by atoms with Gasteiger partial charge in [-0.3, -0.25) is 4.79 Å². The van der Waals surface area contributed by atoms with E-state index in [1.54, 1.807) is 35.6 Å². The second kappa shape index (κ2) is 9.32. The summed E-state index contributed by atoms with van der Waals surface area (Å²) in [6.45, 7) is 2.54. The van der Waals surface area contributed by atoms with Gasteiger partial charge >= 0.3 is 0 Å². The normalized spacial score (nSPS) is 15.3. The standard InChI is InChI=1S/C21H27N3O3S/c1-22-21(25)19-9-5-17(6-10-19)15-23-16-18-7-11-20(12-8-18)28(26,27)24-13-3-2-4-14-24/h5-12,23H,2-4,13-16H2,1H3,(H,22,25). The van der Waals surface area contributed by atoms with Gasteiger partial charge in [-0.15, -0.1) is 0 Å². The molecule has 0 atom stereocenters. The monoisotopic (exact) mass is 401 g/mol. The molecule has 150 valence electrons. The van der Waals surface area contributed by atoms with E-state index < -0.39 is 10.0 Å². The number of piperidine rings is 1. The Hall–Kier alpha value is -2.22. The van der Waals surface area contributed by atoms with E-state index in [2.05, 4.69) is 10.6 Å². The quantitative estimate of drug-likeness (QED) is 0.747. The zero-order valence-electron chi connectivity index (χ0n) is 16.1. The molecular formula is C21H27N3O3S. The minimum absolute atomic E-state index is 0.0981. The van der Waals surface area contributed by atoms with Gasteiger partial charge < -0.3 is 10.6 Å². The van der Waals surface area contributed by atoms with Crippen LogP contribution in [0.2, 0.25) is 0 Å². The maximum atomic E-state index is 12.7. The molecule has 6 nitrogen and oxygen atoms in total. The predicted octanol–water partition coefficient (Wildman–Crippen LogP) is 2.51. The van der Waals surface area contributed by atoms with Crippen LogP contribution in [0.15, 0.2) is 53.4 Å². The number of hydrogen-bond acceptors (Lipinski definition) is 4. The number of rotatable bonds is 7. The number of amides is 1. The number of hydrogen-bond donors (Lipinski definition) is 2. The molecule has 2 aromatic carbocycles. The Balaban J connectivity index is 1.54. The molecule has 2 aromatic rings. The van der Waals surface area contributed by atoms with Crippen molar-refractivity contribution in [2.24, 2.45) is 0 Å². The number of benzene rings is 2. The van der Waals surface area contributed by atoms with Crippen LogP contribution >= 0.6 is 0 Å². The topological polar surface area (TPSA) is 78.5 Å². The van der Waals surface area contributed by atoms with Gasteiger partial charge in [0.15, 0.2) is 0 Å². The molecule has 0 radical (unpaired) electrons. The Labute approximate surface area is 167 Å². The van der Waals surface area contributed by atoms with E-state index in [1.807, 2.05) is 24.3 Å². The number of nitrogens with one attached hydrogen (secondary N) is 2. The summed E-state index contributed by atoms with van der Waals surface area (Å²) < 4.78 is 26.9. The molecule has 1 saturated heterocycles. The van der Waals surface area contributed by atoms with Crippen molar-refractivity contribution in [1.82, 2.24) is 14.9 Å². The van der Waals surface area contributed by atoms with Crippen LogP contribution in [0.4, 0.5) is 0 Å². The molecule has 0 unspecified atom stereocenters. The summed E-state index contributed by atoms with van der Waals surface area (Å²) in [5.74, 6) is -0.0981. The van der Waals surface area contributed by atoms with Crippen molar-refractivity contribution in [3.63, 3.8) is 0 Å². The van der Waals surface area contributed by atoms with Gasteiger partial charge in [-0.2, -0.15) is 4.31 Å². The van der Waals surface area contributed by atoms with Gasteiger partial charge in [0.25, 0.3) is 5.91 Å². The molecule has 0 bridgehead atoms. The van der Waals surface area contributed by atoms with Crippen molar-refractivity contribution in [3.05, 3.63) is 65.2 Å². The fourth-order valence-corrected chi connectivity index (χ4v) is 4.82. The van der Waals surface area contributed by atoms with Crippen LogP contribution in [-0.4, -0.2) is 38.8 Å². The third-order valence-electron chi connectivity index (χ3n) is 4.98. The third kappa shape index (κ3) is 4.98. The molecule has 1 amide bonds. The SMILES string of the molecule is CNC(=O)c1ccc(CNCc2ccc(S(=O)(=O)N3CCCCC3)cc2)cc1. The van der Waals surface area contributed by atoms with Gasteiger partial charge in [0, 0.05) is 38.8 Å². The molecular weight excluding hydrogens is 374 g/mol. The predicted molar refractivity (Wildman–Crippen MR) is 109 cm³/mol. The summed E-state index contributed by atoms with van der Waals surface area (Å²) in [6.07, 6.45) is 2.97. The Bertz CT molecular complexity index is 887. The Morgan fingerprint density at radius 3 is 1.96 bits per heavy atom. The van der Waals surface area contributed by atoms with E-state index in [0.717, 1.165) is 30.4 Å². The lowest BCUT2D eigenvalue weighted by molar-refractivity contribution is 0.0963. The lowest BCUT2D eigenvalue weighted by atomic mass is 10.1. The maximum absolute atomic E-state index is 12.7. The molecule has 0 spiro atoms. The minimum atomic E-state index is -3.38. The summed E-state index contributed by atoms with van der Waals surface area (Å²) in [4.78, 5) is 11.9. The highest BCUT2D eigenvalue weighted by atomic mass is 32.2. The highest BCUT2D eigenvalue weighted by molar-refractivity contribution is 7.89. The first-order chi connectivity index (χ1) is 13.5. The van der Waals surface area contributed by atoms with Crippen molar-refractivity contribution in [2.75, 3.05) is 20.1 Å². The van der Waals surface area contributed by atoms with Crippen LogP contribution in [-0.2, 0) is 23.1 Å². The van der Waals surface area contributed by atoms with E-state index in [-0.39, 0.29) is 5.91 Å². The summed E-state index contributed by atoms with van der Waals surface area (Å²) >= 11 is 0.